The van der Waals surface area contributed by atoms with E-state index in [0.717, 1.165) is 12.1 Å². The van der Waals surface area contributed by atoms with Gasteiger partial charge in [0.2, 0.25) is 0 Å². The lowest BCUT2D eigenvalue weighted by Crippen LogP contribution is -2.40. The monoisotopic (exact) mass is 447 g/mol. The highest BCUT2D eigenvalue weighted by Crippen LogP contribution is 2.28. The van der Waals surface area contributed by atoms with E-state index in [4.69, 9.17) is 8.84 Å². The molecule has 5 heteroatoms. The Morgan fingerprint density at radius 2 is 1.91 bits per heavy atom. The van der Waals surface area contributed by atoms with Gasteiger partial charge in [-0.2, -0.15) is 0 Å². The number of aryl methyl sites for hydroxylation is 1. The van der Waals surface area contributed by atoms with Crippen molar-refractivity contribution in [1.82, 2.24) is 4.98 Å². The lowest BCUT2D eigenvalue weighted by atomic mass is 10.1. The minimum absolute atomic E-state index is 0.128. The van der Waals surface area contributed by atoms with Crippen LogP contribution in [0.2, 0.25) is 18.1 Å². The predicted octanol–water partition coefficient (Wildman–Crippen LogP) is 6.51. The summed E-state index contributed by atoms with van der Waals surface area (Å²) in [5.41, 5.74) is 2.10. The lowest BCUT2D eigenvalue weighted by Gasteiger charge is -2.33. The number of halogens is 1. The molecule has 0 saturated carbocycles. The molecule has 1 aromatic heterocycles. The van der Waals surface area contributed by atoms with Gasteiger partial charge < -0.3 is 8.84 Å². The molecule has 3 nitrogen and oxygen atoms in total. The standard InChI is InChI=1S/C18H30INO2Si/c1-7-23(8-2,9-3)22-18(11-10-15(5)19)14(4)12-17-13-21-16(6)20-17/h10,12-13,18H,7-9,11H2,1-6H3/b14-12+,15-10-/t18-/m0/s1. The van der Waals surface area contributed by atoms with Gasteiger partial charge in [0.1, 0.15) is 12.0 Å². The van der Waals surface area contributed by atoms with Gasteiger partial charge in [-0.25, -0.2) is 4.98 Å². The van der Waals surface area contributed by atoms with Crippen LogP contribution >= 0.6 is 22.6 Å². The predicted molar refractivity (Wildman–Crippen MR) is 109 cm³/mol. The Hall–Kier alpha value is -0.403. The van der Waals surface area contributed by atoms with Gasteiger partial charge in [-0.1, -0.05) is 26.8 Å². The van der Waals surface area contributed by atoms with E-state index in [9.17, 15) is 0 Å². The van der Waals surface area contributed by atoms with Gasteiger partial charge in [-0.3, -0.25) is 0 Å². The molecule has 130 valence electrons. The summed E-state index contributed by atoms with van der Waals surface area (Å²) < 4.78 is 13.4. The Balaban J connectivity index is 3.03. The second kappa shape index (κ2) is 9.79. The summed E-state index contributed by atoms with van der Waals surface area (Å²) in [6.45, 7) is 13.0. The van der Waals surface area contributed by atoms with Crippen molar-refractivity contribution in [2.24, 2.45) is 0 Å². The number of hydrogen-bond donors (Lipinski definition) is 0. The molecule has 0 radical (unpaired) electrons. The highest BCUT2D eigenvalue weighted by Gasteiger charge is 2.32. The molecule has 0 aliphatic heterocycles. The number of rotatable bonds is 9. The number of oxazole rings is 1. The van der Waals surface area contributed by atoms with Gasteiger partial charge in [0.25, 0.3) is 0 Å². The van der Waals surface area contributed by atoms with Crippen molar-refractivity contribution in [2.45, 2.75) is 72.2 Å². The van der Waals surface area contributed by atoms with Crippen LogP contribution in [0.1, 0.15) is 52.6 Å². The summed E-state index contributed by atoms with van der Waals surface area (Å²) in [6.07, 6.45) is 7.11. The molecule has 0 aliphatic rings. The Labute approximate surface area is 155 Å². The molecule has 1 heterocycles. The maximum Gasteiger partial charge on any atom is 0.192 e. The summed E-state index contributed by atoms with van der Waals surface area (Å²) in [6, 6.07) is 3.50. The number of nitrogens with zero attached hydrogens (tertiary/aromatic N) is 1. The third-order valence-electron chi connectivity index (χ3n) is 4.46. The quantitative estimate of drug-likeness (QED) is 0.320. The van der Waals surface area contributed by atoms with Crippen LogP contribution in [-0.4, -0.2) is 19.4 Å². The fourth-order valence-electron chi connectivity index (χ4n) is 2.67. The second-order valence-electron chi connectivity index (χ2n) is 6.06. The SMILES string of the molecule is CC[Si](CC)(CC)O[C@@H](C/C=C(/C)I)/C(C)=C/c1coc(C)n1. The zero-order chi connectivity index (χ0) is 17.5. The molecule has 0 amide bonds. The summed E-state index contributed by atoms with van der Waals surface area (Å²) in [5.74, 6) is 0.698. The molecule has 1 aromatic rings. The molecule has 0 aliphatic carbocycles. The minimum atomic E-state index is -1.64. The molecular weight excluding hydrogens is 417 g/mol. The average Bonchev–Trinajstić information content (AvgIpc) is 2.93. The van der Waals surface area contributed by atoms with Crippen LogP contribution in [0.4, 0.5) is 0 Å². The van der Waals surface area contributed by atoms with E-state index in [2.05, 4.69) is 74.3 Å². The molecule has 0 spiro atoms. The van der Waals surface area contributed by atoms with Gasteiger partial charge in [0.15, 0.2) is 14.2 Å². The van der Waals surface area contributed by atoms with Gasteiger partial charge in [0.05, 0.1) is 6.10 Å². The topological polar surface area (TPSA) is 35.3 Å². The van der Waals surface area contributed by atoms with Crippen LogP contribution in [-0.2, 0) is 4.43 Å². The van der Waals surface area contributed by atoms with E-state index >= 15 is 0 Å². The Bertz CT molecular complexity index is 535. The van der Waals surface area contributed by atoms with Crippen molar-refractivity contribution in [2.75, 3.05) is 0 Å². The van der Waals surface area contributed by atoms with Gasteiger partial charge in [-0.05, 0) is 76.2 Å². The molecule has 0 bridgehead atoms. The second-order valence-corrected chi connectivity index (χ2v) is 12.5. The summed E-state index contributed by atoms with van der Waals surface area (Å²) in [7, 11) is -1.64. The summed E-state index contributed by atoms with van der Waals surface area (Å²) in [4.78, 5) is 4.38. The molecule has 0 fully saturated rings. The molecule has 23 heavy (non-hydrogen) atoms. The van der Waals surface area contributed by atoms with E-state index < -0.39 is 8.32 Å². The van der Waals surface area contributed by atoms with E-state index in [0.29, 0.717) is 5.89 Å². The molecule has 0 N–H and O–H groups in total. The third kappa shape index (κ3) is 6.55. The Kier molecular flexibility index (Phi) is 8.78. The highest BCUT2D eigenvalue weighted by atomic mass is 127. The highest BCUT2D eigenvalue weighted by molar-refractivity contribution is 14.1. The van der Waals surface area contributed by atoms with E-state index in [1.54, 1.807) is 6.26 Å². The molecular formula is C18H30INO2Si. The van der Waals surface area contributed by atoms with Crippen molar-refractivity contribution in [3.8, 4) is 0 Å². The van der Waals surface area contributed by atoms with Crippen molar-refractivity contribution in [1.29, 1.82) is 0 Å². The first-order valence-electron chi connectivity index (χ1n) is 8.46. The molecule has 1 rings (SSSR count). The number of aromatic nitrogens is 1. The zero-order valence-electron chi connectivity index (χ0n) is 15.3. The van der Waals surface area contributed by atoms with Gasteiger partial charge >= 0.3 is 0 Å². The zero-order valence-corrected chi connectivity index (χ0v) is 18.4. The largest absolute Gasteiger partial charge is 0.449 e. The van der Waals surface area contributed by atoms with Crippen LogP contribution in [0.15, 0.2) is 25.9 Å². The van der Waals surface area contributed by atoms with E-state index in [1.807, 2.05) is 6.92 Å². The van der Waals surface area contributed by atoms with Crippen LogP contribution in [0.3, 0.4) is 0 Å². The fraction of sp³-hybridized carbons (Fsp3) is 0.611. The van der Waals surface area contributed by atoms with E-state index in [-0.39, 0.29) is 6.10 Å². The van der Waals surface area contributed by atoms with Crippen molar-refractivity contribution < 1.29 is 8.84 Å². The van der Waals surface area contributed by atoms with Crippen LogP contribution < -0.4 is 0 Å². The fourth-order valence-corrected chi connectivity index (χ4v) is 5.81. The molecule has 0 saturated heterocycles. The summed E-state index contributed by atoms with van der Waals surface area (Å²) in [5, 5.41) is 0. The maximum atomic E-state index is 6.74. The normalized spacial score (nSPS) is 15.1. The third-order valence-corrected chi connectivity index (χ3v) is 9.55. The van der Waals surface area contributed by atoms with Crippen molar-refractivity contribution in [3.63, 3.8) is 0 Å². The number of allylic oxidation sites excluding steroid dienone is 1. The first-order chi connectivity index (χ1) is 10.9. The Morgan fingerprint density at radius 3 is 2.35 bits per heavy atom. The van der Waals surface area contributed by atoms with Crippen molar-refractivity contribution >= 4 is 37.0 Å². The first kappa shape index (κ1) is 20.6. The maximum absolute atomic E-state index is 6.74. The van der Waals surface area contributed by atoms with E-state index in [1.165, 1.54) is 27.3 Å². The van der Waals surface area contributed by atoms with Gasteiger partial charge in [-0.15, -0.1) is 0 Å². The van der Waals surface area contributed by atoms with Crippen LogP contribution in [0.25, 0.3) is 6.08 Å². The summed E-state index contributed by atoms with van der Waals surface area (Å²) >= 11 is 2.36. The van der Waals surface area contributed by atoms with Crippen LogP contribution in [0, 0.1) is 6.92 Å². The van der Waals surface area contributed by atoms with Gasteiger partial charge in [0, 0.05) is 6.92 Å². The molecule has 0 unspecified atom stereocenters. The van der Waals surface area contributed by atoms with Crippen LogP contribution in [0.5, 0.6) is 0 Å². The Morgan fingerprint density at radius 1 is 1.30 bits per heavy atom. The number of hydrogen-bond acceptors (Lipinski definition) is 3. The minimum Gasteiger partial charge on any atom is -0.449 e. The van der Waals surface area contributed by atoms with Crippen molar-refractivity contribution in [3.05, 3.63) is 33.1 Å². The molecule has 0 aromatic carbocycles. The lowest BCUT2D eigenvalue weighted by molar-refractivity contribution is 0.225. The first-order valence-corrected chi connectivity index (χ1v) is 12.1. The smallest absolute Gasteiger partial charge is 0.192 e. The average molecular weight is 447 g/mol. The molecule has 1 atom stereocenters.